The molecule has 0 fully saturated rings. The molecule has 0 unspecified atom stereocenters. The summed E-state index contributed by atoms with van der Waals surface area (Å²) in [4.78, 5) is 53.4. The number of hydrogen-bond donors (Lipinski definition) is 1. The molecule has 2 aromatic rings. The molecular formula is C17H24N6O5. The zero-order valence-electron chi connectivity index (χ0n) is 16.6. The van der Waals surface area contributed by atoms with Gasteiger partial charge in [0.15, 0.2) is 12.3 Å². The van der Waals surface area contributed by atoms with Gasteiger partial charge in [-0.1, -0.05) is 0 Å². The molecule has 0 atom stereocenters. The number of amides is 2. The van der Waals surface area contributed by atoms with Gasteiger partial charge in [-0.2, -0.15) is 5.10 Å². The Hall–Kier alpha value is -3.24. The molecular weight excluding hydrogens is 368 g/mol. The first-order chi connectivity index (χ1) is 13.0. The van der Waals surface area contributed by atoms with Crippen LogP contribution in [0.1, 0.15) is 20.8 Å². The third-order valence-electron chi connectivity index (χ3n) is 3.70. The predicted octanol–water partition coefficient (Wildman–Crippen LogP) is -0.954. The quantitative estimate of drug-likeness (QED) is 0.627. The minimum Gasteiger partial charge on any atom is -0.454 e. The van der Waals surface area contributed by atoms with Gasteiger partial charge in [-0.05, 0) is 20.8 Å². The third kappa shape index (κ3) is 5.38. The van der Waals surface area contributed by atoms with E-state index in [1.807, 2.05) is 20.8 Å². The lowest BCUT2D eigenvalue weighted by Crippen LogP contribution is -2.47. The minimum absolute atomic E-state index is 0.158. The Morgan fingerprint density at radius 3 is 2.61 bits per heavy atom. The summed E-state index contributed by atoms with van der Waals surface area (Å²) in [6.45, 7) is 4.40. The van der Waals surface area contributed by atoms with Crippen LogP contribution < -0.4 is 10.9 Å². The van der Waals surface area contributed by atoms with Crippen molar-refractivity contribution in [2.75, 3.05) is 20.2 Å². The van der Waals surface area contributed by atoms with E-state index < -0.39 is 36.1 Å². The molecule has 28 heavy (non-hydrogen) atoms. The lowest BCUT2D eigenvalue weighted by molar-refractivity contribution is -0.152. The van der Waals surface area contributed by atoms with Crippen molar-refractivity contribution in [2.24, 2.45) is 7.05 Å². The van der Waals surface area contributed by atoms with E-state index in [-0.39, 0.29) is 17.8 Å². The smallest absolute Gasteiger partial charge is 0.326 e. The molecule has 152 valence electrons. The second kappa shape index (κ2) is 8.19. The maximum atomic E-state index is 12.3. The van der Waals surface area contributed by atoms with Gasteiger partial charge in [0.2, 0.25) is 5.91 Å². The van der Waals surface area contributed by atoms with Gasteiger partial charge < -0.3 is 15.0 Å². The van der Waals surface area contributed by atoms with E-state index in [4.69, 9.17) is 4.74 Å². The SMILES string of the molecule is CN(CC(=O)NC(C)(C)C)C(=O)COC(=O)Cn1cnc2c(cnn2C)c1=O. The summed E-state index contributed by atoms with van der Waals surface area (Å²) in [7, 11) is 3.08. The number of carbonyl (C=O) groups excluding carboxylic acids is 3. The Balaban J connectivity index is 1.88. The molecule has 11 nitrogen and oxygen atoms in total. The number of esters is 1. The number of rotatable bonds is 6. The largest absolute Gasteiger partial charge is 0.454 e. The summed E-state index contributed by atoms with van der Waals surface area (Å²) >= 11 is 0. The Kier molecular flexibility index (Phi) is 6.16. The number of aryl methyl sites for hydroxylation is 1. The van der Waals surface area contributed by atoms with E-state index >= 15 is 0 Å². The van der Waals surface area contributed by atoms with Gasteiger partial charge >= 0.3 is 5.97 Å². The average Bonchev–Trinajstić information content (AvgIpc) is 2.95. The molecule has 1 N–H and O–H groups in total. The van der Waals surface area contributed by atoms with Crippen LogP contribution >= 0.6 is 0 Å². The van der Waals surface area contributed by atoms with E-state index in [2.05, 4.69) is 15.4 Å². The van der Waals surface area contributed by atoms with Gasteiger partial charge in [-0.25, -0.2) is 4.98 Å². The van der Waals surface area contributed by atoms with Crippen molar-refractivity contribution in [1.29, 1.82) is 0 Å². The monoisotopic (exact) mass is 392 g/mol. The number of aromatic nitrogens is 4. The van der Waals surface area contributed by atoms with E-state index in [1.165, 1.54) is 24.3 Å². The molecule has 2 amide bonds. The van der Waals surface area contributed by atoms with Crippen LogP contribution in [0.2, 0.25) is 0 Å². The van der Waals surface area contributed by atoms with Crippen molar-refractivity contribution < 1.29 is 19.1 Å². The maximum Gasteiger partial charge on any atom is 0.326 e. The van der Waals surface area contributed by atoms with Crippen molar-refractivity contribution in [1.82, 2.24) is 29.5 Å². The maximum absolute atomic E-state index is 12.3. The van der Waals surface area contributed by atoms with Gasteiger partial charge in [-0.15, -0.1) is 0 Å². The molecule has 0 aliphatic carbocycles. The van der Waals surface area contributed by atoms with Gasteiger partial charge in [0.25, 0.3) is 11.5 Å². The molecule has 0 aromatic carbocycles. The zero-order valence-corrected chi connectivity index (χ0v) is 16.6. The van der Waals surface area contributed by atoms with Crippen LogP contribution in [0.15, 0.2) is 17.3 Å². The fourth-order valence-corrected chi connectivity index (χ4v) is 2.38. The summed E-state index contributed by atoms with van der Waals surface area (Å²) in [6.07, 6.45) is 2.59. The topological polar surface area (TPSA) is 128 Å². The standard InChI is InChI=1S/C17H24N6O5/c1-17(2,3)20-12(24)7-21(4)13(25)9-28-14(26)8-23-10-18-15-11(16(23)27)6-19-22(15)5/h6,10H,7-9H2,1-5H3,(H,20,24). The van der Waals surface area contributed by atoms with Gasteiger partial charge in [0.05, 0.1) is 12.7 Å². The predicted molar refractivity (Wildman–Crippen MR) is 99.3 cm³/mol. The number of ether oxygens (including phenoxy) is 1. The van der Waals surface area contributed by atoms with Crippen LogP contribution in [0, 0.1) is 0 Å². The first kappa shape index (κ1) is 21.1. The van der Waals surface area contributed by atoms with E-state index in [0.717, 1.165) is 9.47 Å². The summed E-state index contributed by atoms with van der Waals surface area (Å²) < 4.78 is 7.44. The van der Waals surface area contributed by atoms with E-state index in [9.17, 15) is 19.2 Å². The minimum atomic E-state index is -0.770. The number of nitrogens with one attached hydrogen (secondary N) is 1. The molecule has 0 saturated carbocycles. The number of nitrogens with zero attached hydrogens (tertiary/aromatic N) is 5. The highest BCUT2D eigenvalue weighted by atomic mass is 16.5. The first-order valence-electron chi connectivity index (χ1n) is 8.55. The van der Waals surface area contributed by atoms with Gasteiger partial charge in [0.1, 0.15) is 18.3 Å². The summed E-state index contributed by atoms with van der Waals surface area (Å²) in [5, 5.41) is 6.95. The molecule has 2 heterocycles. The molecule has 11 heteroatoms. The molecule has 2 aromatic heterocycles. The van der Waals surface area contributed by atoms with Gasteiger partial charge in [0, 0.05) is 19.6 Å². The van der Waals surface area contributed by atoms with E-state index in [0.29, 0.717) is 5.65 Å². The molecule has 0 spiro atoms. The molecule has 2 rings (SSSR count). The Labute approximate surface area is 161 Å². The Morgan fingerprint density at radius 1 is 1.29 bits per heavy atom. The fraction of sp³-hybridized carbons (Fsp3) is 0.529. The van der Waals surface area contributed by atoms with Crippen LogP contribution in [0.5, 0.6) is 0 Å². The number of likely N-dealkylation sites (N-methyl/N-ethyl adjacent to an activating group) is 1. The number of carbonyl (C=O) groups is 3. The zero-order chi connectivity index (χ0) is 21.1. The molecule has 0 bridgehead atoms. The van der Waals surface area contributed by atoms with Crippen LogP contribution in [0.3, 0.4) is 0 Å². The molecule has 0 aliphatic rings. The summed E-state index contributed by atoms with van der Waals surface area (Å²) in [5.74, 6) is -1.63. The number of fused-ring (bicyclic) bond motifs is 1. The normalized spacial score (nSPS) is 11.3. The lowest BCUT2D eigenvalue weighted by Gasteiger charge is -2.23. The van der Waals surface area contributed by atoms with Crippen molar-refractivity contribution >= 4 is 28.8 Å². The highest BCUT2D eigenvalue weighted by molar-refractivity contribution is 5.86. The highest BCUT2D eigenvalue weighted by Crippen LogP contribution is 2.03. The van der Waals surface area contributed by atoms with Crippen LogP contribution in [0.4, 0.5) is 0 Å². The average molecular weight is 392 g/mol. The van der Waals surface area contributed by atoms with Crippen molar-refractivity contribution in [3.8, 4) is 0 Å². The third-order valence-corrected chi connectivity index (χ3v) is 3.70. The van der Waals surface area contributed by atoms with Crippen molar-refractivity contribution in [2.45, 2.75) is 32.9 Å². The second-order valence-corrected chi connectivity index (χ2v) is 7.39. The van der Waals surface area contributed by atoms with Crippen molar-refractivity contribution in [3.05, 3.63) is 22.9 Å². The molecule has 0 aliphatic heterocycles. The Bertz CT molecular complexity index is 955. The first-order valence-corrected chi connectivity index (χ1v) is 8.55. The van der Waals surface area contributed by atoms with Crippen LogP contribution in [0.25, 0.3) is 11.0 Å². The molecule has 0 radical (unpaired) electrons. The van der Waals surface area contributed by atoms with Crippen LogP contribution in [-0.4, -0.2) is 67.8 Å². The molecule has 0 saturated heterocycles. The highest BCUT2D eigenvalue weighted by Gasteiger charge is 2.19. The number of hydrogen-bond acceptors (Lipinski definition) is 7. The summed E-state index contributed by atoms with van der Waals surface area (Å²) in [6, 6.07) is 0. The van der Waals surface area contributed by atoms with Crippen molar-refractivity contribution in [3.63, 3.8) is 0 Å². The second-order valence-electron chi connectivity index (χ2n) is 7.39. The van der Waals surface area contributed by atoms with E-state index in [1.54, 1.807) is 7.05 Å². The Morgan fingerprint density at radius 2 is 1.96 bits per heavy atom. The lowest BCUT2D eigenvalue weighted by atomic mass is 10.1. The van der Waals surface area contributed by atoms with Crippen LogP contribution in [-0.2, 0) is 32.7 Å². The summed E-state index contributed by atoms with van der Waals surface area (Å²) in [5.41, 5.74) is -0.443. The fourth-order valence-electron chi connectivity index (χ4n) is 2.38. The van der Waals surface area contributed by atoms with Gasteiger partial charge in [-0.3, -0.25) is 28.4 Å².